The number of fused-ring (bicyclic) bond motifs is 1. The van der Waals surface area contributed by atoms with Crippen LogP contribution in [0.25, 0.3) is 16.6 Å². The van der Waals surface area contributed by atoms with E-state index < -0.39 is 11.7 Å². The number of benzene rings is 2. The summed E-state index contributed by atoms with van der Waals surface area (Å²) < 4.78 is 46.8. The van der Waals surface area contributed by atoms with Gasteiger partial charge in [-0.2, -0.15) is 18.3 Å². The average Bonchev–Trinajstić information content (AvgIpc) is 3.26. The van der Waals surface area contributed by atoms with Crippen molar-refractivity contribution in [2.24, 2.45) is 5.41 Å². The van der Waals surface area contributed by atoms with Crippen molar-refractivity contribution < 1.29 is 22.7 Å². The van der Waals surface area contributed by atoms with Crippen molar-refractivity contribution in [3.8, 4) is 16.9 Å². The van der Waals surface area contributed by atoms with Gasteiger partial charge in [0.25, 0.3) is 5.91 Å². The lowest BCUT2D eigenvalue weighted by molar-refractivity contribution is -0.137. The zero-order valence-electron chi connectivity index (χ0n) is 19.3. The second-order valence-corrected chi connectivity index (χ2v) is 9.92. The van der Waals surface area contributed by atoms with Crippen LogP contribution in [0.1, 0.15) is 41.6 Å². The Labute approximate surface area is 205 Å². The summed E-state index contributed by atoms with van der Waals surface area (Å²) in [5.74, 6) is 0.617. The molecule has 2 saturated carbocycles. The highest BCUT2D eigenvalue weighted by molar-refractivity contribution is 6.00. The molecule has 2 aliphatic carbocycles. The van der Waals surface area contributed by atoms with E-state index in [0.717, 1.165) is 43.3 Å². The van der Waals surface area contributed by atoms with Crippen LogP contribution in [-0.2, 0) is 6.18 Å². The fraction of sp³-hybridized carbons (Fsp3) is 0.286. The Kier molecular flexibility index (Phi) is 5.28. The molecule has 0 saturated heterocycles. The van der Waals surface area contributed by atoms with Gasteiger partial charge in [-0.1, -0.05) is 30.3 Å². The number of rotatable bonds is 5. The summed E-state index contributed by atoms with van der Waals surface area (Å²) >= 11 is 0. The molecule has 2 aromatic carbocycles. The van der Waals surface area contributed by atoms with Crippen LogP contribution in [0.5, 0.6) is 5.75 Å². The maximum Gasteiger partial charge on any atom is 0.416 e. The summed E-state index contributed by atoms with van der Waals surface area (Å²) in [6.07, 6.45) is 2.91. The molecule has 4 aromatic rings. The average molecular weight is 492 g/mol. The molecule has 0 bridgehead atoms. The van der Waals surface area contributed by atoms with E-state index in [1.807, 2.05) is 24.4 Å². The van der Waals surface area contributed by atoms with Crippen LogP contribution in [0.2, 0.25) is 0 Å². The quantitative estimate of drug-likeness (QED) is 0.365. The van der Waals surface area contributed by atoms with Gasteiger partial charge in [0.15, 0.2) is 0 Å². The molecule has 0 radical (unpaired) electrons. The third kappa shape index (κ3) is 4.21. The van der Waals surface area contributed by atoms with Crippen LogP contribution in [-0.4, -0.2) is 27.7 Å². The highest BCUT2D eigenvalue weighted by Gasteiger charge is 2.54. The second kappa shape index (κ2) is 8.40. The first kappa shape index (κ1) is 22.6. The summed E-state index contributed by atoms with van der Waals surface area (Å²) in [6.45, 7) is 0. The van der Waals surface area contributed by atoms with Gasteiger partial charge in [-0.05, 0) is 78.6 Å². The van der Waals surface area contributed by atoms with Crippen molar-refractivity contribution in [2.75, 3.05) is 0 Å². The van der Waals surface area contributed by atoms with Crippen LogP contribution >= 0.6 is 0 Å². The van der Waals surface area contributed by atoms with Gasteiger partial charge in [-0.3, -0.25) is 4.79 Å². The SMILES string of the molecule is O=C(NC1CC2(C1)CC(Oc1ccc(-c3cccc(C(F)(F)F)c3)cc1)C2)c1cnn2ccccc12. The van der Waals surface area contributed by atoms with Crippen LogP contribution in [0, 0.1) is 5.41 Å². The molecule has 6 rings (SSSR count). The predicted octanol–water partition coefficient (Wildman–Crippen LogP) is 6.14. The molecule has 1 amide bonds. The number of hydrogen-bond donors (Lipinski definition) is 1. The minimum Gasteiger partial charge on any atom is -0.490 e. The third-order valence-electron chi connectivity index (χ3n) is 7.37. The number of ether oxygens (including phenoxy) is 1. The molecule has 2 fully saturated rings. The number of aromatic nitrogens is 2. The number of amides is 1. The molecule has 2 aromatic heterocycles. The number of pyridine rings is 1. The van der Waals surface area contributed by atoms with Crippen LogP contribution < -0.4 is 10.1 Å². The minimum atomic E-state index is -4.36. The summed E-state index contributed by atoms with van der Waals surface area (Å²) in [5, 5.41) is 7.36. The molecular weight excluding hydrogens is 467 g/mol. The van der Waals surface area contributed by atoms with Gasteiger partial charge in [-0.15, -0.1) is 0 Å². The lowest BCUT2D eigenvalue weighted by Crippen LogP contribution is -2.58. The Balaban J connectivity index is 1.000. The summed E-state index contributed by atoms with van der Waals surface area (Å²) in [4.78, 5) is 12.7. The van der Waals surface area contributed by atoms with E-state index in [4.69, 9.17) is 4.74 Å². The first-order chi connectivity index (χ1) is 17.3. The van der Waals surface area contributed by atoms with E-state index in [1.165, 1.54) is 6.07 Å². The fourth-order valence-electron chi connectivity index (χ4n) is 5.58. The van der Waals surface area contributed by atoms with Crippen molar-refractivity contribution in [2.45, 2.75) is 44.0 Å². The van der Waals surface area contributed by atoms with Gasteiger partial charge < -0.3 is 10.1 Å². The molecule has 36 heavy (non-hydrogen) atoms. The van der Waals surface area contributed by atoms with E-state index in [0.29, 0.717) is 22.4 Å². The van der Waals surface area contributed by atoms with Gasteiger partial charge >= 0.3 is 6.18 Å². The molecule has 1 N–H and O–H groups in total. The smallest absolute Gasteiger partial charge is 0.416 e. The topological polar surface area (TPSA) is 55.6 Å². The Bertz CT molecular complexity index is 1410. The molecule has 2 heterocycles. The number of carbonyl (C=O) groups excluding carboxylic acids is 1. The normalized spacial score (nSPS) is 23.2. The molecule has 2 aliphatic rings. The number of carbonyl (C=O) groups is 1. The van der Waals surface area contributed by atoms with Crippen LogP contribution in [0.3, 0.4) is 0 Å². The van der Waals surface area contributed by atoms with Crippen molar-refractivity contribution in [1.82, 2.24) is 14.9 Å². The van der Waals surface area contributed by atoms with Gasteiger partial charge in [0.05, 0.1) is 28.9 Å². The number of nitrogens with one attached hydrogen (secondary N) is 1. The Morgan fingerprint density at radius 3 is 2.50 bits per heavy atom. The molecule has 0 aliphatic heterocycles. The molecule has 0 unspecified atom stereocenters. The monoisotopic (exact) mass is 491 g/mol. The zero-order valence-corrected chi connectivity index (χ0v) is 19.3. The van der Waals surface area contributed by atoms with Crippen molar-refractivity contribution in [1.29, 1.82) is 0 Å². The fourth-order valence-corrected chi connectivity index (χ4v) is 5.58. The molecule has 184 valence electrons. The lowest BCUT2D eigenvalue weighted by Gasteiger charge is -2.57. The van der Waals surface area contributed by atoms with Crippen molar-refractivity contribution >= 4 is 11.4 Å². The van der Waals surface area contributed by atoms with Crippen molar-refractivity contribution in [3.63, 3.8) is 0 Å². The Hall–Kier alpha value is -3.81. The Morgan fingerprint density at radius 1 is 0.972 bits per heavy atom. The van der Waals surface area contributed by atoms with Gasteiger partial charge in [-0.25, -0.2) is 4.52 Å². The molecule has 0 atom stereocenters. The van der Waals surface area contributed by atoms with E-state index >= 15 is 0 Å². The van der Waals surface area contributed by atoms with E-state index in [1.54, 1.807) is 41.0 Å². The standard InChI is InChI=1S/C28H24F3N3O2/c29-28(30,31)20-5-3-4-19(12-20)18-7-9-22(10-8-18)36-23-15-27(16-23)13-21(14-27)33-26(35)24-17-32-34-11-2-1-6-25(24)34/h1-12,17,21,23H,13-16H2,(H,33,35). The zero-order chi connectivity index (χ0) is 24.9. The Morgan fingerprint density at radius 2 is 1.75 bits per heavy atom. The highest BCUT2D eigenvalue weighted by Crippen LogP contribution is 2.56. The maximum atomic E-state index is 13.0. The molecule has 1 spiro atoms. The molecule has 8 heteroatoms. The lowest BCUT2D eigenvalue weighted by atomic mass is 9.53. The minimum absolute atomic E-state index is 0.0935. The van der Waals surface area contributed by atoms with E-state index in [-0.39, 0.29) is 23.5 Å². The van der Waals surface area contributed by atoms with E-state index in [9.17, 15) is 18.0 Å². The first-order valence-electron chi connectivity index (χ1n) is 12.0. The highest BCUT2D eigenvalue weighted by atomic mass is 19.4. The van der Waals surface area contributed by atoms with E-state index in [2.05, 4.69) is 10.4 Å². The number of nitrogens with zero attached hydrogens (tertiary/aromatic N) is 2. The maximum absolute atomic E-state index is 13.0. The second-order valence-electron chi connectivity index (χ2n) is 9.92. The van der Waals surface area contributed by atoms with Crippen LogP contribution in [0.15, 0.2) is 79.1 Å². The van der Waals surface area contributed by atoms with Crippen LogP contribution in [0.4, 0.5) is 13.2 Å². The third-order valence-corrected chi connectivity index (χ3v) is 7.37. The number of halogens is 3. The predicted molar refractivity (Wildman–Crippen MR) is 129 cm³/mol. The van der Waals surface area contributed by atoms with Gasteiger partial charge in [0.1, 0.15) is 5.75 Å². The number of alkyl halides is 3. The summed E-state index contributed by atoms with van der Waals surface area (Å²) in [5.41, 5.74) is 2.17. The summed E-state index contributed by atoms with van der Waals surface area (Å²) in [7, 11) is 0. The molecular formula is C28H24F3N3O2. The van der Waals surface area contributed by atoms with Gasteiger partial charge in [0.2, 0.25) is 0 Å². The van der Waals surface area contributed by atoms with Gasteiger partial charge in [0, 0.05) is 12.2 Å². The largest absolute Gasteiger partial charge is 0.490 e. The molecule has 5 nitrogen and oxygen atoms in total. The first-order valence-corrected chi connectivity index (χ1v) is 12.0. The van der Waals surface area contributed by atoms with Crippen molar-refractivity contribution in [3.05, 3.63) is 90.3 Å². The number of hydrogen-bond acceptors (Lipinski definition) is 3. The summed E-state index contributed by atoms with van der Waals surface area (Å²) in [6, 6.07) is 18.3.